The predicted molar refractivity (Wildman–Crippen MR) is 82.4 cm³/mol. The number of ketones is 1. The van der Waals surface area contributed by atoms with E-state index in [1.54, 1.807) is 24.3 Å². The summed E-state index contributed by atoms with van der Waals surface area (Å²) >= 11 is 0. The average molecular weight is 279 g/mol. The number of anilines is 1. The van der Waals surface area contributed by atoms with Crippen LogP contribution in [-0.2, 0) is 10.2 Å². The van der Waals surface area contributed by atoms with E-state index in [0.29, 0.717) is 11.3 Å². The zero-order chi connectivity index (χ0) is 14.9. The maximum atomic E-state index is 12.8. The third kappa shape index (κ3) is 2.59. The van der Waals surface area contributed by atoms with Gasteiger partial charge in [-0.15, -0.1) is 0 Å². The molecular weight excluding hydrogens is 262 g/mol. The minimum Gasteiger partial charge on any atom is -0.326 e. The van der Waals surface area contributed by atoms with Gasteiger partial charge in [0.05, 0.1) is 5.41 Å². The molecule has 1 aliphatic rings. The summed E-state index contributed by atoms with van der Waals surface area (Å²) in [5.41, 5.74) is 2.17. The van der Waals surface area contributed by atoms with Crippen LogP contribution in [0.3, 0.4) is 0 Å². The summed E-state index contributed by atoms with van der Waals surface area (Å²) in [5, 5.41) is 2.71. The molecule has 3 nitrogen and oxygen atoms in total. The van der Waals surface area contributed by atoms with Crippen LogP contribution in [0.1, 0.15) is 35.7 Å². The fourth-order valence-corrected chi connectivity index (χ4v) is 2.71. The molecule has 0 spiro atoms. The Bertz CT molecular complexity index is 670. The molecule has 0 aromatic heterocycles. The SMILES string of the molecule is CC(=O)Nc1ccc(C(=O)C2(c3ccccc3)CC2)cc1. The molecule has 106 valence electrons. The maximum Gasteiger partial charge on any atom is 0.221 e. The highest BCUT2D eigenvalue weighted by molar-refractivity contribution is 6.06. The largest absolute Gasteiger partial charge is 0.326 e. The Morgan fingerprint density at radius 3 is 2.10 bits per heavy atom. The molecule has 0 aliphatic heterocycles. The number of carbonyl (C=O) groups excluding carboxylic acids is 2. The Hall–Kier alpha value is -2.42. The number of carbonyl (C=O) groups is 2. The van der Waals surface area contributed by atoms with Gasteiger partial charge in [0.15, 0.2) is 5.78 Å². The minimum absolute atomic E-state index is 0.114. The Morgan fingerprint density at radius 2 is 1.57 bits per heavy atom. The van der Waals surface area contributed by atoms with E-state index < -0.39 is 0 Å². The number of amides is 1. The summed E-state index contributed by atoms with van der Waals surface area (Å²) in [6.45, 7) is 1.47. The van der Waals surface area contributed by atoms with Gasteiger partial charge in [0.25, 0.3) is 0 Å². The molecule has 1 N–H and O–H groups in total. The quantitative estimate of drug-likeness (QED) is 0.870. The summed E-state index contributed by atoms with van der Waals surface area (Å²) in [4.78, 5) is 23.8. The lowest BCUT2D eigenvalue weighted by molar-refractivity contribution is -0.114. The lowest BCUT2D eigenvalue weighted by atomic mass is 9.87. The minimum atomic E-state index is -0.337. The zero-order valence-electron chi connectivity index (χ0n) is 11.9. The van der Waals surface area contributed by atoms with Crippen LogP contribution in [0.25, 0.3) is 0 Å². The molecule has 1 amide bonds. The van der Waals surface area contributed by atoms with Crippen molar-refractivity contribution in [2.75, 3.05) is 5.32 Å². The fourth-order valence-electron chi connectivity index (χ4n) is 2.71. The number of hydrogen-bond acceptors (Lipinski definition) is 2. The molecule has 2 aromatic rings. The van der Waals surface area contributed by atoms with Gasteiger partial charge in [-0.2, -0.15) is 0 Å². The highest BCUT2D eigenvalue weighted by Gasteiger charge is 2.50. The van der Waals surface area contributed by atoms with Crippen LogP contribution in [0, 0.1) is 0 Å². The van der Waals surface area contributed by atoms with Crippen molar-refractivity contribution >= 4 is 17.4 Å². The molecule has 0 atom stereocenters. The monoisotopic (exact) mass is 279 g/mol. The van der Waals surface area contributed by atoms with E-state index in [2.05, 4.69) is 5.32 Å². The molecule has 3 heteroatoms. The van der Waals surface area contributed by atoms with Crippen LogP contribution in [0.15, 0.2) is 54.6 Å². The Morgan fingerprint density at radius 1 is 0.952 bits per heavy atom. The van der Waals surface area contributed by atoms with Crippen molar-refractivity contribution in [3.63, 3.8) is 0 Å². The smallest absolute Gasteiger partial charge is 0.221 e. The first kappa shape index (κ1) is 13.6. The van der Waals surface area contributed by atoms with Gasteiger partial charge in [-0.1, -0.05) is 30.3 Å². The van der Waals surface area contributed by atoms with Gasteiger partial charge in [0.2, 0.25) is 5.91 Å². The van der Waals surface area contributed by atoms with Gasteiger partial charge in [-0.05, 0) is 42.7 Å². The van der Waals surface area contributed by atoms with E-state index in [-0.39, 0.29) is 17.1 Å². The second-order valence-electron chi connectivity index (χ2n) is 5.54. The average Bonchev–Trinajstić information content (AvgIpc) is 3.29. The summed E-state index contributed by atoms with van der Waals surface area (Å²) in [6, 6.07) is 17.1. The summed E-state index contributed by atoms with van der Waals surface area (Å²) in [6.07, 6.45) is 1.81. The molecule has 0 bridgehead atoms. The highest BCUT2D eigenvalue weighted by Crippen LogP contribution is 2.50. The molecule has 1 fully saturated rings. The van der Waals surface area contributed by atoms with Gasteiger partial charge >= 0.3 is 0 Å². The molecule has 1 aliphatic carbocycles. The van der Waals surface area contributed by atoms with E-state index in [9.17, 15) is 9.59 Å². The summed E-state index contributed by atoms with van der Waals surface area (Å²) < 4.78 is 0. The normalized spacial score (nSPS) is 15.3. The fraction of sp³-hybridized carbons (Fsp3) is 0.222. The van der Waals surface area contributed by atoms with Crippen molar-refractivity contribution in [3.8, 4) is 0 Å². The van der Waals surface area contributed by atoms with Crippen LogP contribution in [0.4, 0.5) is 5.69 Å². The van der Waals surface area contributed by atoms with Crippen molar-refractivity contribution in [1.29, 1.82) is 0 Å². The summed E-state index contributed by atoms with van der Waals surface area (Å²) in [7, 11) is 0. The topological polar surface area (TPSA) is 46.2 Å². The van der Waals surface area contributed by atoms with E-state index >= 15 is 0 Å². The van der Waals surface area contributed by atoms with Gasteiger partial charge in [0, 0.05) is 18.2 Å². The third-order valence-corrected chi connectivity index (χ3v) is 3.98. The zero-order valence-corrected chi connectivity index (χ0v) is 11.9. The number of nitrogens with one attached hydrogen (secondary N) is 1. The number of Topliss-reactive ketones (excluding diaryl/α,β-unsaturated/α-hetero) is 1. The molecule has 0 heterocycles. The molecule has 21 heavy (non-hydrogen) atoms. The van der Waals surface area contributed by atoms with Crippen LogP contribution in [0.5, 0.6) is 0 Å². The Balaban J connectivity index is 1.84. The van der Waals surface area contributed by atoms with E-state index in [4.69, 9.17) is 0 Å². The van der Waals surface area contributed by atoms with Crippen LogP contribution >= 0.6 is 0 Å². The molecule has 0 radical (unpaired) electrons. The number of hydrogen-bond donors (Lipinski definition) is 1. The second kappa shape index (κ2) is 5.17. The standard InChI is InChI=1S/C18H17NO2/c1-13(20)19-16-9-7-14(8-10-16)17(21)18(11-12-18)15-5-3-2-4-6-15/h2-10H,11-12H2,1H3,(H,19,20). The van der Waals surface area contributed by atoms with Crippen LogP contribution in [0.2, 0.25) is 0 Å². The van der Waals surface area contributed by atoms with Gasteiger partial charge in [0.1, 0.15) is 0 Å². The first-order valence-electron chi connectivity index (χ1n) is 7.10. The Kier molecular flexibility index (Phi) is 3.34. The third-order valence-electron chi connectivity index (χ3n) is 3.98. The Labute approximate surface area is 124 Å². The van der Waals surface area contributed by atoms with E-state index in [0.717, 1.165) is 18.4 Å². The number of rotatable bonds is 4. The molecule has 2 aromatic carbocycles. The number of benzene rings is 2. The molecule has 3 rings (SSSR count). The van der Waals surface area contributed by atoms with Crippen molar-refractivity contribution in [3.05, 3.63) is 65.7 Å². The van der Waals surface area contributed by atoms with Crippen molar-refractivity contribution < 1.29 is 9.59 Å². The predicted octanol–water partition coefficient (Wildman–Crippen LogP) is 3.56. The van der Waals surface area contributed by atoms with Crippen molar-refractivity contribution in [2.45, 2.75) is 25.2 Å². The first-order chi connectivity index (χ1) is 10.1. The second-order valence-corrected chi connectivity index (χ2v) is 5.54. The molecule has 0 saturated heterocycles. The van der Waals surface area contributed by atoms with E-state index in [1.165, 1.54) is 6.92 Å². The lowest BCUT2D eigenvalue weighted by Crippen LogP contribution is -2.20. The van der Waals surface area contributed by atoms with Crippen molar-refractivity contribution in [1.82, 2.24) is 0 Å². The van der Waals surface area contributed by atoms with E-state index in [1.807, 2.05) is 30.3 Å². The molecule has 1 saturated carbocycles. The lowest BCUT2D eigenvalue weighted by Gasteiger charge is -2.15. The van der Waals surface area contributed by atoms with Crippen LogP contribution < -0.4 is 5.32 Å². The van der Waals surface area contributed by atoms with Crippen LogP contribution in [-0.4, -0.2) is 11.7 Å². The first-order valence-corrected chi connectivity index (χ1v) is 7.10. The van der Waals surface area contributed by atoms with Gasteiger partial charge in [-0.25, -0.2) is 0 Å². The maximum absolute atomic E-state index is 12.8. The van der Waals surface area contributed by atoms with Crippen molar-refractivity contribution in [2.24, 2.45) is 0 Å². The molecular formula is C18H17NO2. The van der Waals surface area contributed by atoms with Gasteiger partial charge < -0.3 is 5.32 Å². The molecule has 0 unspecified atom stereocenters. The summed E-state index contributed by atoms with van der Waals surface area (Å²) in [5.74, 6) is 0.0556. The van der Waals surface area contributed by atoms with Gasteiger partial charge in [-0.3, -0.25) is 9.59 Å². The highest BCUT2D eigenvalue weighted by atomic mass is 16.1.